The van der Waals surface area contributed by atoms with Crippen molar-refractivity contribution in [2.45, 2.75) is 64.9 Å². The molecule has 0 bridgehead atoms. The SMILES string of the molecule is CCCCOc1cc(N(CCCC)CCCC)ccc1C1(c2c(-c3ccccc3)n(C)c3ccccc23)OC(=O)c2cccnc21. The molecule has 0 aliphatic carbocycles. The van der Waals surface area contributed by atoms with E-state index in [4.69, 9.17) is 14.5 Å². The van der Waals surface area contributed by atoms with Gasteiger partial charge in [0.05, 0.1) is 17.9 Å². The highest BCUT2D eigenvalue weighted by Gasteiger charge is 2.54. The number of ether oxygens (including phenoxy) is 2. The molecule has 6 heteroatoms. The summed E-state index contributed by atoms with van der Waals surface area (Å²) in [6.45, 7) is 9.17. The number of anilines is 1. The number of cyclic esters (lactones) is 1. The van der Waals surface area contributed by atoms with Crippen LogP contribution in [0.25, 0.3) is 22.2 Å². The van der Waals surface area contributed by atoms with E-state index >= 15 is 0 Å². The Morgan fingerprint density at radius 3 is 2.30 bits per heavy atom. The number of unbranched alkanes of at least 4 members (excludes halogenated alkanes) is 3. The van der Waals surface area contributed by atoms with E-state index in [1.165, 1.54) is 0 Å². The van der Waals surface area contributed by atoms with Gasteiger partial charge in [0.2, 0.25) is 5.60 Å². The number of nitrogens with zero attached hydrogens (tertiary/aromatic N) is 3. The fourth-order valence-electron chi connectivity index (χ4n) is 6.78. The number of hydrogen-bond acceptors (Lipinski definition) is 5. The molecule has 0 saturated heterocycles. The van der Waals surface area contributed by atoms with Crippen LogP contribution in [0.2, 0.25) is 0 Å². The number of aromatic nitrogens is 2. The van der Waals surface area contributed by atoms with Crippen molar-refractivity contribution in [2.75, 3.05) is 24.6 Å². The highest BCUT2D eigenvalue weighted by Crippen LogP contribution is 2.54. The van der Waals surface area contributed by atoms with Gasteiger partial charge in [0.1, 0.15) is 11.4 Å². The van der Waals surface area contributed by atoms with Crippen molar-refractivity contribution in [1.29, 1.82) is 0 Å². The quantitative estimate of drug-likeness (QED) is 0.0921. The van der Waals surface area contributed by atoms with Gasteiger partial charge >= 0.3 is 5.97 Å². The minimum Gasteiger partial charge on any atom is -0.493 e. The molecule has 238 valence electrons. The van der Waals surface area contributed by atoms with Crippen LogP contribution in [0, 0.1) is 0 Å². The lowest BCUT2D eigenvalue weighted by molar-refractivity contribution is 0.0241. The third-order valence-electron chi connectivity index (χ3n) is 9.14. The Morgan fingerprint density at radius 1 is 0.848 bits per heavy atom. The number of carbonyl (C=O) groups is 1. The average molecular weight is 616 g/mol. The van der Waals surface area contributed by atoms with Crippen LogP contribution in [0.4, 0.5) is 5.69 Å². The molecular weight excluding hydrogens is 570 g/mol. The molecule has 6 nitrogen and oxygen atoms in total. The Kier molecular flexibility index (Phi) is 9.43. The van der Waals surface area contributed by atoms with Gasteiger partial charge in [-0.1, -0.05) is 88.6 Å². The minimum atomic E-state index is -1.34. The second-order valence-corrected chi connectivity index (χ2v) is 12.2. The zero-order valence-corrected chi connectivity index (χ0v) is 27.6. The summed E-state index contributed by atoms with van der Waals surface area (Å²) in [5, 5.41) is 1.01. The molecular formula is C40H45N3O3. The zero-order valence-electron chi connectivity index (χ0n) is 27.6. The second-order valence-electron chi connectivity index (χ2n) is 12.2. The van der Waals surface area contributed by atoms with Crippen LogP contribution in [-0.2, 0) is 17.4 Å². The van der Waals surface area contributed by atoms with Crippen molar-refractivity contribution in [1.82, 2.24) is 9.55 Å². The highest BCUT2D eigenvalue weighted by molar-refractivity contribution is 6.00. The van der Waals surface area contributed by atoms with Gasteiger partial charge in [0.15, 0.2) is 0 Å². The van der Waals surface area contributed by atoms with Crippen LogP contribution < -0.4 is 9.64 Å². The van der Waals surface area contributed by atoms with Crippen molar-refractivity contribution in [2.24, 2.45) is 7.05 Å². The van der Waals surface area contributed by atoms with Crippen molar-refractivity contribution < 1.29 is 14.3 Å². The first-order chi connectivity index (χ1) is 22.5. The molecule has 5 aromatic rings. The van der Waals surface area contributed by atoms with E-state index in [0.717, 1.165) is 96.3 Å². The molecule has 0 saturated carbocycles. The number of carbonyl (C=O) groups excluding carboxylic acids is 1. The maximum absolute atomic E-state index is 13.9. The van der Waals surface area contributed by atoms with Crippen LogP contribution in [-0.4, -0.2) is 35.2 Å². The Bertz CT molecular complexity index is 1800. The average Bonchev–Trinajstić information content (AvgIpc) is 3.56. The van der Waals surface area contributed by atoms with Gasteiger partial charge in [-0.3, -0.25) is 4.98 Å². The lowest BCUT2D eigenvalue weighted by Crippen LogP contribution is -2.32. The Labute approximate surface area is 273 Å². The fourth-order valence-corrected chi connectivity index (χ4v) is 6.78. The molecule has 0 N–H and O–H groups in total. The topological polar surface area (TPSA) is 56.6 Å². The first-order valence-corrected chi connectivity index (χ1v) is 16.9. The number of hydrogen-bond donors (Lipinski definition) is 0. The lowest BCUT2D eigenvalue weighted by Gasteiger charge is -2.33. The molecule has 1 aliphatic heterocycles. The fraction of sp³-hybridized carbons (Fsp3) is 0.350. The maximum Gasteiger partial charge on any atom is 0.341 e. The molecule has 1 aliphatic rings. The summed E-state index contributed by atoms with van der Waals surface area (Å²) in [6.07, 6.45) is 8.19. The van der Waals surface area contributed by atoms with Crippen LogP contribution in [0.3, 0.4) is 0 Å². The molecule has 0 amide bonds. The monoisotopic (exact) mass is 615 g/mol. The maximum atomic E-state index is 13.9. The van der Waals surface area contributed by atoms with Crippen molar-refractivity contribution in [3.05, 3.63) is 114 Å². The number of fused-ring (bicyclic) bond motifs is 2. The van der Waals surface area contributed by atoms with E-state index in [0.29, 0.717) is 17.9 Å². The third-order valence-corrected chi connectivity index (χ3v) is 9.14. The Hall–Kier alpha value is -4.58. The molecule has 3 heterocycles. The van der Waals surface area contributed by atoms with Crippen molar-refractivity contribution in [3.63, 3.8) is 0 Å². The van der Waals surface area contributed by atoms with Gasteiger partial charge in [-0.05, 0) is 55.2 Å². The summed E-state index contributed by atoms with van der Waals surface area (Å²) in [5.41, 5.74) is 5.60. The number of aryl methyl sites for hydroxylation is 1. The normalized spacial score (nSPS) is 15.6. The summed E-state index contributed by atoms with van der Waals surface area (Å²) in [5.74, 6) is 0.341. The van der Waals surface area contributed by atoms with Gasteiger partial charge in [-0.15, -0.1) is 0 Å². The van der Waals surface area contributed by atoms with E-state index in [-0.39, 0.29) is 5.97 Å². The van der Waals surface area contributed by atoms with E-state index in [9.17, 15) is 4.79 Å². The summed E-state index contributed by atoms with van der Waals surface area (Å²) in [6, 6.07) is 28.8. The van der Waals surface area contributed by atoms with Gasteiger partial charge in [-0.25, -0.2) is 4.79 Å². The summed E-state index contributed by atoms with van der Waals surface area (Å²) >= 11 is 0. The Morgan fingerprint density at radius 2 is 1.57 bits per heavy atom. The van der Waals surface area contributed by atoms with Crippen molar-refractivity contribution >= 4 is 22.6 Å². The molecule has 46 heavy (non-hydrogen) atoms. The van der Waals surface area contributed by atoms with Crippen LogP contribution in [0.15, 0.2) is 91.1 Å². The van der Waals surface area contributed by atoms with Crippen LogP contribution in [0.1, 0.15) is 86.5 Å². The number of benzene rings is 3. The minimum absolute atomic E-state index is 0.383. The smallest absolute Gasteiger partial charge is 0.341 e. The standard InChI is InChI=1S/C40H45N3O3/c1-5-8-25-43(26-9-6-2)30-22-23-33(35(28-30)45-27-10-7-3)40(38-32(39(44)46-40)20-16-24-41-38)36-31-19-14-15-21-34(31)42(4)37(36)29-17-12-11-13-18-29/h11-24,28H,5-10,25-27H2,1-4H3. The van der Waals surface area contributed by atoms with Gasteiger partial charge < -0.3 is 18.9 Å². The van der Waals surface area contributed by atoms with Gasteiger partial charge in [0, 0.05) is 60.1 Å². The lowest BCUT2D eigenvalue weighted by atomic mass is 9.79. The molecule has 2 aromatic heterocycles. The predicted octanol–water partition coefficient (Wildman–Crippen LogP) is 9.29. The third kappa shape index (κ3) is 5.55. The number of rotatable bonds is 14. The van der Waals surface area contributed by atoms with Crippen LogP contribution in [0.5, 0.6) is 5.75 Å². The molecule has 0 spiro atoms. The van der Waals surface area contributed by atoms with E-state index in [1.54, 1.807) is 12.3 Å². The predicted molar refractivity (Wildman–Crippen MR) is 187 cm³/mol. The molecule has 6 rings (SSSR count). The van der Waals surface area contributed by atoms with E-state index < -0.39 is 5.60 Å². The summed E-state index contributed by atoms with van der Waals surface area (Å²) in [4.78, 5) is 21.3. The first kappa shape index (κ1) is 31.4. The second kappa shape index (κ2) is 13.8. The molecule has 1 unspecified atom stereocenters. The van der Waals surface area contributed by atoms with Gasteiger partial charge in [0.25, 0.3) is 0 Å². The zero-order chi connectivity index (χ0) is 32.1. The number of pyridine rings is 1. The highest BCUT2D eigenvalue weighted by atomic mass is 16.6. The number of para-hydroxylation sites is 1. The Balaban J connectivity index is 1.68. The van der Waals surface area contributed by atoms with E-state index in [2.05, 4.69) is 85.8 Å². The molecule has 0 radical (unpaired) electrons. The molecule has 0 fully saturated rings. The van der Waals surface area contributed by atoms with Crippen LogP contribution >= 0.6 is 0 Å². The first-order valence-electron chi connectivity index (χ1n) is 16.9. The largest absolute Gasteiger partial charge is 0.493 e. The summed E-state index contributed by atoms with van der Waals surface area (Å²) < 4.78 is 15.7. The van der Waals surface area contributed by atoms with Crippen molar-refractivity contribution in [3.8, 4) is 17.0 Å². The molecule has 3 aromatic carbocycles. The van der Waals surface area contributed by atoms with E-state index in [1.807, 2.05) is 30.3 Å². The molecule has 1 atom stereocenters. The number of esters is 1. The summed E-state index contributed by atoms with van der Waals surface area (Å²) in [7, 11) is 2.08. The van der Waals surface area contributed by atoms with Gasteiger partial charge in [-0.2, -0.15) is 0 Å².